The van der Waals surface area contributed by atoms with Gasteiger partial charge in [-0.1, -0.05) is 12.5 Å². The molecule has 0 aliphatic heterocycles. The van der Waals surface area contributed by atoms with Crippen molar-refractivity contribution in [2.24, 2.45) is 5.92 Å². The van der Waals surface area contributed by atoms with E-state index in [4.69, 9.17) is 0 Å². The maximum absolute atomic E-state index is 12.7. The van der Waals surface area contributed by atoms with Crippen LogP contribution in [0.4, 0.5) is 13.2 Å². The third kappa shape index (κ3) is 3.48. The quantitative estimate of drug-likeness (QED) is 0.856. The minimum atomic E-state index is -4.04. The van der Waals surface area contributed by atoms with Gasteiger partial charge in [0.15, 0.2) is 0 Å². The largest absolute Gasteiger partial charge is 0.391 e. The van der Waals surface area contributed by atoms with Gasteiger partial charge in [-0.25, -0.2) is 0 Å². The van der Waals surface area contributed by atoms with Crippen LogP contribution in [0.25, 0.3) is 0 Å². The number of nitrogens with one attached hydrogen (secondary N) is 1. The average molecular weight is 277 g/mol. The number of halogens is 3. The SMILES string of the molecule is C[C@@H](NC1CCCC(C(F)(F)F)C1)c1cccs1. The third-order valence-electron chi connectivity index (χ3n) is 3.59. The molecule has 1 aromatic heterocycles. The van der Waals surface area contributed by atoms with E-state index >= 15 is 0 Å². The second-order valence-corrected chi connectivity index (χ2v) is 5.99. The Balaban J connectivity index is 1.90. The normalized spacial score (nSPS) is 27.1. The van der Waals surface area contributed by atoms with Crippen LogP contribution in [0.5, 0.6) is 0 Å². The molecule has 0 bridgehead atoms. The molecule has 0 aromatic carbocycles. The molecule has 1 fully saturated rings. The monoisotopic (exact) mass is 277 g/mol. The summed E-state index contributed by atoms with van der Waals surface area (Å²) in [6, 6.07) is 4.12. The maximum Gasteiger partial charge on any atom is 0.391 e. The van der Waals surface area contributed by atoms with Crippen LogP contribution >= 0.6 is 11.3 Å². The van der Waals surface area contributed by atoms with Gasteiger partial charge in [0, 0.05) is 17.0 Å². The number of alkyl halides is 3. The highest BCUT2D eigenvalue weighted by Gasteiger charge is 2.42. The number of thiophene rings is 1. The van der Waals surface area contributed by atoms with Crippen LogP contribution in [0, 0.1) is 5.92 Å². The Bertz CT molecular complexity index is 361. The van der Waals surface area contributed by atoms with E-state index in [1.165, 1.54) is 4.88 Å². The summed E-state index contributed by atoms with van der Waals surface area (Å²) in [6.07, 6.45) is -2.01. The van der Waals surface area contributed by atoms with Crippen molar-refractivity contribution in [2.75, 3.05) is 0 Å². The van der Waals surface area contributed by atoms with Crippen LogP contribution in [-0.4, -0.2) is 12.2 Å². The number of hydrogen-bond donors (Lipinski definition) is 1. The third-order valence-corrected chi connectivity index (χ3v) is 4.65. The Morgan fingerprint density at radius 2 is 2.17 bits per heavy atom. The van der Waals surface area contributed by atoms with Crippen LogP contribution in [-0.2, 0) is 0 Å². The Morgan fingerprint density at radius 3 is 2.78 bits per heavy atom. The fourth-order valence-corrected chi connectivity index (χ4v) is 3.36. The van der Waals surface area contributed by atoms with Crippen LogP contribution in [0.1, 0.15) is 43.5 Å². The van der Waals surface area contributed by atoms with Gasteiger partial charge in [0.25, 0.3) is 0 Å². The number of rotatable bonds is 3. The van der Waals surface area contributed by atoms with Crippen LogP contribution in [0.2, 0.25) is 0 Å². The number of hydrogen-bond acceptors (Lipinski definition) is 2. The molecule has 0 radical (unpaired) electrons. The lowest BCUT2D eigenvalue weighted by Crippen LogP contribution is -2.39. The smallest absolute Gasteiger partial charge is 0.307 e. The molecule has 2 rings (SSSR count). The standard InChI is InChI=1S/C13H18F3NS/c1-9(12-6-3-7-18-12)17-11-5-2-4-10(8-11)13(14,15)16/h3,6-7,9-11,17H,2,4-5,8H2,1H3/t9-,10?,11?/m1/s1. The molecule has 1 aliphatic rings. The molecule has 3 atom stereocenters. The molecule has 5 heteroatoms. The molecule has 0 saturated heterocycles. The molecule has 102 valence electrons. The van der Waals surface area contributed by atoms with Gasteiger partial charge in [-0.15, -0.1) is 11.3 Å². The van der Waals surface area contributed by atoms with Crippen molar-refractivity contribution in [1.29, 1.82) is 0 Å². The summed E-state index contributed by atoms with van der Waals surface area (Å²) in [5, 5.41) is 5.33. The summed E-state index contributed by atoms with van der Waals surface area (Å²) >= 11 is 1.64. The summed E-state index contributed by atoms with van der Waals surface area (Å²) < 4.78 is 38.1. The topological polar surface area (TPSA) is 12.0 Å². The zero-order valence-corrected chi connectivity index (χ0v) is 11.2. The molecule has 1 heterocycles. The molecule has 1 saturated carbocycles. The van der Waals surface area contributed by atoms with Crippen LogP contribution < -0.4 is 5.32 Å². The fourth-order valence-electron chi connectivity index (χ4n) is 2.61. The van der Waals surface area contributed by atoms with Gasteiger partial charge in [0.05, 0.1) is 5.92 Å². The lowest BCUT2D eigenvalue weighted by Gasteiger charge is -2.32. The first-order chi connectivity index (χ1) is 8.47. The van der Waals surface area contributed by atoms with Gasteiger partial charge in [-0.05, 0) is 37.6 Å². The van der Waals surface area contributed by atoms with Gasteiger partial charge >= 0.3 is 6.18 Å². The molecule has 18 heavy (non-hydrogen) atoms. The molecule has 2 unspecified atom stereocenters. The van der Waals surface area contributed by atoms with E-state index in [-0.39, 0.29) is 24.9 Å². The molecule has 1 nitrogen and oxygen atoms in total. The lowest BCUT2D eigenvalue weighted by atomic mass is 9.85. The summed E-state index contributed by atoms with van der Waals surface area (Å²) in [6.45, 7) is 2.02. The second-order valence-electron chi connectivity index (χ2n) is 5.01. The Labute approximate surface area is 109 Å². The van der Waals surface area contributed by atoms with Gasteiger partial charge < -0.3 is 5.32 Å². The summed E-state index contributed by atoms with van der Waals surface area (Å²) in [4.78, 5) is 1.18. The molecule has 0 amide bonds. The van der Waals surface area contributed by atoms with Crippen molar-refractivity contribution in [3.63, 3.8) is 0 Å². The first-order valence-corrected chi connectivity index (χ1v) is 7.21. The van der Waals surface area contributed by atoms with Crippen molar-refractivity contribution in [3.8, 4) is 0 Å². The predicted octanol–water partition coefficient (Wildman–Crippen LogP) is 4.52. The average Bonchev–Trinajstić information content (AvgIpc) is 2.81. The van der Waals surface area contributed by atoms with Gasteiger partial charge in [-0.2, -0.15) is 13.2 Å². The van der Waals surface area contributed by atoms with E-state index in [1.54, 1.807) is 11.3 Å². The lowest BCUT2D eigenvalue weighted by molar-refractivity contribution is -0.183. The van der Waals surface area contributed by atoms with Gasteiger partial charge in [-0.3, -0.25) is 0 Å². The minimum absolute atomic E-state index is 0.0116. The van der Waals surface area contributed by atoms with E-state index in [9.17, 15) is 13.2 Å². The molecule has 1 N–H and O–H groups in total. The van der Waals surface area contributed by atoms with Crippen molar-refractivity contribution in [1.82, 2.24) is 5.32 Å². The van der Waals surface area contributed by atoms with Crippen molar-refractivity contribution < 1.29 is 13.2 Å². The van der Waals surface area contributed by atoms with Crippen molar-refractivity contribution in [2.45, 2.75) is 50.9 Å². The Hall–Kier alpha value is -0.550. The van der Waals surface area contributed by atoms with Crippen molar-refractivity contribution >= 4 is 11.3 Å². The molecule has 1 aromatic rings. The van der Waals surface area contributed by atoms with Gasteiger partial charge in [0.1, 0.15) is 0 Å². The van der Waals surface area contributed by atoms with Crippen LogP contribution in [0.3, 0.4) is 0 Å². The summed E-state index contributed by atoms with van der Waals surface area (Å²) in [5.41, 5.74) is 0. The molecule has 1 aliphatic carbocycles. The highest BCUT2D eigenvalue weighted by Crippen LogP contribution is 2.38. The van der Waals surface area contributed by atoms with E-state index < -0.39 is 12.1 Å². The highest BCUT2D eigenvalue weighted by atomic mass is 32.1. The highest BCUT2D eigenvalue weighted by molar-refractivity contribution is 7.10. The Kier molecular flexibility index (Phi) is 4.33. The summed E-state index contributed by atoms with van der Waals surface area (Å²) in [5.74, 6) is -1.13. The van der Waals surface area contributed by atoms with E-state index in [1.807, 2.05) is 24.4 Å². The first-order valence-electron chi connectivity index (χ1n) is 6.33. The molecular weight excluding hydrogens is 259 g/mol. The summed E-state index contributed by atoms with van der Waals surface area (Å²) in [7, 11) is 0. The minimum Gasteiger partial charge on any atom is -0.307 e. The molecule has 0 spiro atoms. The van der Waals surface area contributed by atoms with E-state index in [2.05, 4.69) is 5.32 Å². The zero-order chi connectivity index (χ0) is 13.2. The zero-order valence-electron chi connectivity index (χ0n) is 10.3. The van der Waals surface area contributed by atoms with Gasteiger partial charge in [0.2, 0.25) is 0 Å². The fraction of sp³-hybridized carbons (Fsp3) is 0.692. The Morgan fingerprint density at radius 1 is 1.39 bits per heavy atom. The van der Waals surface area contributed by atoms with E-state index in [0.717, 1.165) is 6.42 Å². The van der Waals surface area contributed by atoms with Crippen LogP contribution in [0.15, 0.2) is 17.5 Å². The second kappa shape index (κ2) is 5.61. The van der Waals surface area contributed by atoms with E-state index in [0.29, 0.717) is 6.42 Å². The maximum atomic E-state index is 12.7. The first kappa shape index (κ1) is 13.9. The van der Waals surface area contributed by atoms with Crippen molar-refractivity contribution in [3.05, 3.63) is 22.4 Å². The molecular formula is C13H18F3NS. The predicted molar refractivity (Wildman–Crippen MR) is 67.7 cm³/mol.